The Morgan fingerprint density at radius 1 is 1.32 bits per heavy atom. The summed E-state index contributed by atoms with van der Waals surface area (Å²) >= 11 is 18.6. The van der Waals surface area contributed by atoms with E-state index in [-0.39, 0.29) is 5.41 Å². The van der Waals surface area contributed by atoms with Gasteiger partial charge in [-0.05, 0) is 5.75 Å². The van der Waals surface area contributed by atoms with Crippen molar-refractivity contribution in [1.82, 2.24) is 5.32 Å². The summed E-state index contributed by atoms with van der Waals surface area (Å²) in [7, 11) is 1.48. The van der Waals surface area contributed by atoms with Crippen LogP contribution in [-0.4, -0.2) is 34.2 Å². The lowest BCUT2D eigenvalue weighted by atomic mass is 9.91. The van der Waals surface area contributed by atoms with Gasteiger partial charge in [-0.25, -0.2) is 4.79 Å². The van der Waals surface area contributed by atoms with Crippen molar-refractivity contribution in [2.75, 3.05) is 18.6 Å². The van der Waals surface area contributed by atoms with Gasteiger partial charge in [0.1, 0.15) is 0 Å². The Labute approximate surface area is 133 Å². The lowest BCUT2D eigenvalue weighted by Gasteiger charge is -2.20. The number of carbonyl (C=O) groups is 1. The standard InChI is InChI=1S/C11H19Cl3N2O2S/c1-10(2,3)8(16-18-9(17)15-4)7-19-6-5-11(12,13)14/h5-7H2,1-4H3,(H,15,17). The summed E-state index contributed by atoms with van der Waals surface area (Å²) in [6, 6.07) is 0. The van der Waals surface area contributed by atoms with E-state index in [2.05, 4.69) is 10.5 Å². The van der Waals surface area contributed by atoms with Crippen LogP contribution in [0.1, 0.15) is 27.2 Å². The van der Waals surface area contributed by atoms with Gasteiger partial charge in [-0.1, -0.05) is 60.7 Å². The van der Waals surface area contributed by atoms with Crippen LogP contribution in [0.2, 0.25) is 0 Å². The monoisotopic (exact) mass is 348 g/mol. The molecule has 0 aromatic carbocycles. The zero-order valence-corrected chi connectivity index (χ0v) is 14.5. The average Bonchev–Trinajstić information content (AvgIpc) is 2.24. The molecule has 0 rings (SSSR count). The van der Waals surface area contributed by atoms with Crippen molar-refractivity contribution in [3.8, 4) is 0 Å². The van der Waals surface area contributed by atoms with Gasteiger partial charge in [-0.2, -0.15) is 11.8 Å². The maximum Gasteiger partial charge on any atom is 0.433 e. The molecule has 0 atom stereocenters. The minimum atomic E-state index is -1.23. The molecule has 0 aliphatic rings. The summed E-state index contributed by atoms with van der Waals surface area (Å²) in [5, 5.41) is 6.22. The largest absolute Gasteiger partial charge is 0.433 e. The van der Waals surface area contributed by atoms with Crippen molar-refractivity contribution in [2.24, 2.45) is 10.6 Å². The van der Waals surface area contributed by atoms with E-state index >= 15 is 0 Å². The molecular formula is C11H19Cl3N2O2S. The lowest BCUT2D eigenvalue weighted by Crippen LogP contribution is -2.25. The van der Waals surface area contributed by atoms with Crippen LogP contribution in [0.3, 0.4) is 0 Å². The van der Waals surface area contributed by atoms with Crippen LogP contribution in [0, 0.1) is 5.41 Å². The van der Waals surface area contributed by atoms with E-state index in [9.17, 15) is 4.79 Å². The Balaban J connectivity index is 4.35. The van der Waals surface area contributed by atoms with Gasteiger partial charge >= 0.3 is 6.09 Å². The lowest BCUT2D eigenvalue weighted by molar-refractivity contribution is 0.152. The fraction of sp³-hybridized carbons (Fsp3) is 0.818. The van der Waals surface area contributed by atoms with E-state index in [1.807, 2.05) is 20.8 Å². The number of hydrogen-bond acceptors (Lipinski definition) is 4. The van der Waals surface area contributed by atoms with Gasteiger partial charge in [0.25, 0.3) is 0 Å². The van der Waals surface area contributed by atoms with E-state index in [0.29, 0.717) is 17.9 Å². The Kier molecular flexibility index (Phi) is 8.52. The number of thioether (sulfide) groups is 1. The van der Waals surface area contributed by atoms with Crippen LogP contribution in [0.4, 0.5) is 4.79 Å². The molecule has 4 nitrogen and oxygen atoms in total. The second-order valence-electron chi connectivity index (χ2n) is 4.83. The highest BCUT2D eigenvalue weighted by Crippen LogP contribution is 2.31. The second-order valence-corrected chi connectivity index (χ2v) is 8.46. The van der Waals surface area contributed by atoms with Crippen molar-refractivity contribution in [3.63, 3.8) is 0 Å². The van der Waals surface area contributed by atoms with Crippen molar-refractivity contribution in [3.05, 3.63) is 0 Å². The third-order valence-electron chi connectivity index (χ3n) is 2.08. The number of nitrogens with one attached hydrogen (secondary N) is 1. The van der Waals surface area contributed by atoms with Crippen LogP contribution in [-0.2, 0) is 4.84 Å². The first kappa shape index (κ1) is 19.2. The van der Waals surface area contributed by atoms with Crippen LogP contribution < -0.4 is 5.32 Å². The van der Waals surface area contributed by atoms with E-state index in [4.69, 9.17) is 39.6 Å². The Hall–Kier alpha value is 0.160. The minimum Gasteiger partial charge on any atom is -0.323 e. The van der Waals surface area contributed by atoms with Gasteiger partial charge < -0.3 is 5.32 Å². The summed E-state index contributed by atoms with van der Waals surface area (Å²) in [6.07, 6.45) is -0.135. The normalized spacial score (nSPS) is 13.3. The molecule has 0 fully saturated rings. The highest BCUT2D eigenvalue weighted by Gasteiger charge is 2.22. The summed E-state index contributed by atoms with van der Waals surface area (Å²) in [5.74, 6) is 1.30. The molecule has 0 heterocycles. The SMILES string of the molecule is CNC(=O)ON=C(CSCCC(Cl)(Cl)Cl)C(C)(C)C. The van der Waals surface area contributed by atoms with E-state index in [1.54, 1.807) is 11.8 Å². The molecule has 0 aromatic rings. The Bertz CT molecular complexity index is 325. The number of rotatable bonds is 5. The molecule has 8 heteroatoms. The fourth-order valence-electron chi connectivity index (χ4n) is 0.879. The molecule has 0 aliphatic carbocycles. The number of amides is 1. The first-order valence-corrected chi connectivity index (χ1v) is 7.95. The van der Waals surface area contributed by atoms with Gasteiger partial charge in [0.15, 0.2) is 3.79 Å². The van der Waals surface area contributed by atoms with E-state index in [0.717, 1.165) is 5.71 Å². The number of halogens is 3. The van der Waals surface area contributed by atoms with E-state index in [1.165, 1.54) is 7.05 Å². The zero-order valence-electron chi connectivity index (χ0n) is 11.4. The van der Waals surface area contributed by atoms with Crippen molar-refractivity contribution in [2.45, 2.75) is 31.0 Å². The fourth-order valence-corrected chi connectivity index (χ4v) is 2.77. The summed E-state index contributed by atoms with van der Waals surface area (Å²) in [6.45, 7) is 5.98. The second kappa shape index (κ2) is 8.45. The van der Waals surface area contributed by atoms with Crippen LogP contribution >= 0.6 is 46.6 Å². The smallest absolute Gasteiger partial charge is 0.323 e. The molecule has 0 spiro atoms. The molecule has 0 bridgehead atoms. The average molecular weight is 350 g/mol. The zero-order chi connectivity index (χ0) is 15.1. The summed E-state index contributed by atoms with van der Waals surface area (Å²) in [5.41, 5.74) is 0.575. The number of carbonyl (C=O) groups excluding carboxylic acids is 1. The highest BCUT2D eigenvalue weighted by molar-refractivity contribution is 7.99. The Morgan fingerprint density at radius 2 is 1.89 bits per heavy atom. The van der Waals surface area contributed by atoms with E-state index < -0.39 is 9.89 Å². The summed E-state index contributed by atoms with van der Waals surface area (Å²) in [4.78, 5) is 15.7. The molecule has 0 aliphatic heterocycles. The van der Waals surface area contributed by atoms with Crippen LogP contribution in [0.5, 0.6) is 0 Å². The molecule has 0 aromatic heterocycles. The molecule has 0 unspecified atom stereocenters. The van der Waals surface area contributed by atoms with Crippen molar-refractivity contribution in [1.29, 1.82) is 0 Å². The van der Waals surface area contributed by atoms with Crippen LogP contribution in [0.15, 0.2) is 5.16 Å². The molecule has 0 saturated carbocycles. The van der Waals surface area contributed by atoms with Gasteiger partial charge in [0.05, 0.1) is 5.71 Å². The molecular weight excluding hydrogens is 331 g/mol. The molecule has 112 valence electrons. The maximum atomic E-state index is 11.0. The van der Waals surface area contributed by atoms with Gasteiger partial charge in [-0.3, -0.25) is 4.84 Å². The summed E-state index contributed by atoms with van der Waals surface area (Å²) < 4.78 is -1.23. The molecule has 1 amide bonds. The first-order chi connectivity index (χ1) is 8.56. The predicted molar refractivity (Wildman–Crippen MR) is 84.7 cm³/mol. The molecule has 19 heavy (non-hydrogen) atoms. The Morgan fingerprint density at radius 3 is 2.32 bits per heavy atom. The first-order valence-electron chi connectivity index (χ1n) is 5.67. The van der Waals surface area contributed by atoms with Crippen LogP contribution in [0.25, 0.3) is 0 Å². The minimum absolute atomic E-state index is 0.193. The topological polar surface area (TPSA) is 50.7 Å². The number of alkyl halides is 3. The molecule has 0 radical (unpaired) electrons. The van der Waals surface area contributed by atoms with Gasteiger partial charge in [0.2, 0.25) is 0 Å². The highest BCUT2D eigenvalue weighted by atomic mass is 35.6. The van der Waals surface area contributed by atoms with Gasteiger partial charge in [-0.15, -0.1) is 0 Å². The molecule has 1 N–H and O–H groups in total. The third kappa shape index (κ3) is 10.6. The number of oxime groups is 1. The molecule has 0 saturated heterocycles. The van der Waals surface area contributed by atoms with Crippen molar-refractivity contribution >= 4 is 58.4 Å². The van der Waals surface area contributed by atoms with Gasteiger partial charge in [0, 0.05) is 24.6 Å². The third-order valence-corrected chi connectivity index (χ3v) is 3.61. The van der Waals surface area contributed by atoms with Crippen molar-refractivity contribution < 1.29 is 9.63 Å². The quantitative estimate of drug-likeness (QED) is 0.265. The predicted octanol–water partition coefficient (Wildman–Crippen LogP) is 4.24. The number of hydrogen-bond donors (Lipinski definition) is 1. The number of nitrogens with zero attached hydrogens (tertiary/aromatic N) is 1. The maximum absolute atomic E-state index is 11.0.